The molecule has 1 atom stereocenters. The molecule has 1 unspecified atom stereocenters. The molecule has 0 saturated heterocycles. The number of non-ortho nitro benzene ring substituents is 1. The molecule has 0 amide bonds. The third kappa shape index (κ3) is 3.60. The third-order valence-electron chi connectivity index (χ3n) is 3.25. The Kier molecular flexibility index (Phi) is 4.57. The van der Waals surface area contributed by atoms with Gasteiger partial charge in [0.05, 0.1) is 4.92 Å². The number of nitrogens with zero attached hydrogens (tertiary/aromatic N) is 3. The van der Waals surface area contributed by atoms with Crippen LogP contribution in [0.15, 0.2) is 57.5 Å². The Labute approximate surface area is 145 Å². The van der Waals surface area contributed by atoms with Gasteiger partial charge in [-0.15, -0.1) is 0 Å². The summed E-state index contributed by atoms with van der Waals surface area (Å²) in [4.78, 5) is 14.5. The predicted molar refractivity (Wildman–Crippen MR) is 89.6 cm³/mol. The maximum atomic E-state index is 10.7. The van der Waals surface area contributed by atoms with Crippen molar-refractivity contribution in [1.82, 2.24) is 10.1 Å². The van der Waals surface area contributed by atoms with Crippen molar-refractivity contribution in [3.8, 4) is 17.1 Å². The number of ether oxygens (including phenoxy) is 1. The van der Waals surface area contributed by atoms with Crippen molar-refractivity contribution in [3.05, 3.63) is 69.0 Å². The van der Waals surface area contributed by atoms with E-state index in [-0.39, 0.29) is 5.69 Å². The monoisotopic (exact) mass is 389 g/mol. The van der Waals surface area contributed by atoms with E-state index in [1.54, 1.807) is 19.1 Å². The number of nitro benzene ring substituents is 1. The molecule has 2 aromatic carbocycles. The van der Waals surface area contributed by atoms with E-state index in [2.05, 4.69) is 26.1 Å². The molecular weight excluding hydrogens is 378 g/mol. The zero-order valence-electron chi connectivity index (χ0n) is 12.5. The summed E-state index contributed by atoms with van der Waals surface area (Å²) in [5, 5.41) is 14.6. The zero-order chi connectivity index (χ0) is 17.1. The van der Waals surface area contributed by atoms with E-state index < -0.39 is 11.0 Å². The Morgan fingerprint density at radius 1 is 1.17 bits per heavy atom. The molecule has 1 heterocycles. The molecule has 0 N–H and O–H groups in total. The number of benzene rings is 2. The van der Waals surface area contributed by atoms with Gasteiger partial charge in [-0.2, -0.15) is 4.98 Å². The van der Waals surface area contributed by atoms with Crippen LogP contribution < -0.4 is 4.74 Å². The molecule has 24 heavy (non-hydrogen) atoms. The van der Waals surface area contributed by atoms with E-state index in [1.165, 1.54) is 12.1 Å². The van der Waals surface area contributed by atoms with Crippen LogP contribution in [0.2, 0.25) is 0 Å². The van der Waals surface area contributed by atoms with E-state index in [0.717, 1.165) is 4.47 Å². The molecule has 7 nitrogen and oxygen atoms in total. The van der Waals surface area contributed by atoms with Crippen molar-refractivity contribution in [1.29, 1.82) is 0 Å². The maximum absolute atomic E-state index is 10.7. The van der Waals surface area contributed by atoms with Crippen molar-refractivity contribution in [2.75, 3.05) is 0 Å². The molecule has 0 spiro atoms. The minimum atomic E-state index is -0.459. The standard InChI is InChI=1S/C16H12BrN3O4/c1-10(23-14-8-4-12(17)5-9-14)16-18-15(19-24-16)11-2-6-13(7-3-11)20(21)22/h2-10H,1H3. The molecule has 0 aliphatic heterocycles. The van der Waals surface area contributed by atoms with E-state index in [0.29, 0.717) is 23.0 Å². The van der Waals surface area contributed by atoms with E-state index in [4.69, 9.17) is 9.26 Å². The van der Waals surface area contributed by atoms with Crippen molar-refractivity contribution in [2.24, 2.45) is 0 Å². The first-order valence-electron chi connectivity index (χ1n) is 7.03. The van der Waals surface area contributed by atoms with Crippen LogP contribution in [0.5, 0.6) is 5.75 Å². The predicted octanol–water partition coefficient (Wildman–Crippen LogP) is 4.55. The summed E-state index contributed by atoms with van der Waals surface area (Å²) in [7, 11) is 0. The van der Waals surface area contributed by atoms with Gasteiger partial charge < -0.3 is 9.26 Å². The molecule has 0 bridgehead atoms. The maximum Gasteiger partial charge on any atom is 0.269 e. The number of halogens is 1. The molecule has 0 aliphatic carbocycles. The van der Waals surface area contributed by atoms with E-state index >= 15 is 0 Å². The second kappa shape index (κ2) is 6.79. The highest BCUT2D eigenvalue weighted by molar-refractivity contribution is 9.10. The Hall–Kier alpha value is -2.74. The summed E-state index contributed by atoms with van der Waals surface area (Å²) in [6, 6.07) is 13.3. The van der Waals surface area contributed by atoms with Gasteiger partial charge in [-0.1, -0.05) is 21.1 Å². The smallest absolute Gasteiger partial charge is 0.269 e. The largest absolute Gasteiger partial charge is 0.481 e. The Morgan fingerprint density at radius 2 is 1.83 bits per heavy atom. The number of nitro groups is 1. The topological polar surface area (TPSA) is 91.3 Å². The summed E-state index contributed by atoms with van der Waals surface area (Å²) in [6.45, 7) is 1.80. The fourth-order valence-corrected chi connectivity index (χ4v) is 2.28. The van der Waals surface area contributed by atoms with Gasteiger partial charge in [0.25, 0.3) is 11.6 Å². The van der Waals surface area contributed by atoms with Gasteiger partial charge in [0, 0.05) is 22.2 Å². The molecule has 3 aromatic rings. The first-order valence-corrected chi connectivity index (χ1v) is 7.83. The van der Waals surface area contributed by atoms with Crippen LogP contribution in [0.25, 0.3) is 11.4 Å². The zero-order valence-corrected chi connectivity index (χ0v) is 14.1. The molecular formula is C16H12BrN3O4. The minimum Gasteiger partial charge on any atom is -0.481 e. The fraction of sp³-hybridized carbons (Fsp3) is 0.125. The molecule has 0 aliphatic rings. The Bertz CT molecular complexity index is 847. The van der Waals surface area contributed by atoms with Gasteiger partial charge in [0.2, 0.25) is 5.82 Å². The van der Waals surface area contributed by atoms with E-state index in [1.807, 2.05) is 24.3 Å². The normalized spacial score (nSPS) is 11.9. The van der Waals surface area contributed by atoms with Gasteiger partial charge in [-0.25, -0.2) is 0 Å². The summed E-state index contributed by atoms with van der Waals surface area (Å²) in [6.07, 6.45) is -0.425. The average molecular weight is 390 g/mol. The van der Waals surface area contributed by atoms with Crippen LogP contribution in [0.3, 0.4) is 0 Å². The van der Waals surface area contributed by atoms with Gasteiger partial charge in [0.1, 0.15) is 5.75 Å². The SMILES string of the molecule is CC(Oc1ccc(Br)cc1)c1nc(-c2ccc([N+](=O)[O-])cc2)no1. The van der Waals surface area contributed by atoms with Crippen molar-refractivity contribution in [2.45, 2.75) is 13.0 Å². The molecule has 0 saturated carbocycles. The van der Waals surface area contributed by atoms with Crippen LogP contribution in [0.4, 0.5) is 5.69 Å². The van der Waals surface area contributed by atoms with Crippen LogP contribution >= 0.6 is 15.9 Å². The van der Waals surface area contributed by atoms with E-state index in [9.17, 15) is 10.1 Å². The number of aromatic nitrogens is 2. The van der Waals surface area contributed by atoms with Crippen molar-refractivity contribution < 1.29 is 14.2 Å². The molecule has 3 rings (SSSR count). The van der Waals surface area contributed by atoms with Crippen molar-refractivity contribution >= 4 is 21.6 Å². The van der Waals surface area contributed by atoms with Crippen LogP contribution in [0.1, 0.15) is 18.9 Å². The minimum absolute atomic E-state index is 0.00871. The number of hydrogen-bond acceptors (Lipinski definition) is 6. The van der Waals surface area contributed by atoms with Crippen LogP contribution in [-0.2, 0) is 0 Å². The molecule has 0 fully saturated rings. The lowest BCUT2D eigenvalue weighted by atomic mass is 10.2. The first kappa shape index (κ1) is 16.1. The molecule has 8 heteroatoms. The van der Waals surface area contributed by atoms with Crippen LogP contribution in [0, 0.1) is 10.1 Å². The second-order valence-electron chi connectivity index (χ2n) is 4.97. The lowest BCUT2D eigenvalue weighted by Gasteiger charge is -2.10. The first-order chi connectivity index (χ1) is 11.5. The molecule has 122 valence electrons. The highest BCUT2D eigenvalue weighted by Gasteiger charge is 2.17. The lowest BCUT2D eigenvalue weighted by molar-refractivity contribution is -0.384. The average Bonchev–Trinajstić information content (AvgIpc) is 3.07. The van der Waals surface area contributed by atoms with Crippen molar-refractivity contribution in [3.63, 3.8) is 0 Å². The summed E-state index contributed by atoms with van der Waals surface area (Å²) in [5.41, 5.74) is 0.640. The highest BCUT2D eigenvalue weighted by atomic mass is 79.9. The number of hydrogen-bond donors (Lipinski definition) is 0. The Morgan fingerprint density at radius 3 is 2.46 bits per heavy atom. The number of rotatable bonds is 5. The molecule has 1 aromatic heterocycles. The van der Waals surface area contributed by atoms with Gasteiger partial charge in [-0.3, -0.25) is 10.1 Å². The third-order valence-corrected chi connectivity index (χ3v) is 3.78. The van der Waals surface area contributed by atoms with Gasteiger partial charge in [-0.05, 0) is 43.3 Å². The lowest BCUT2D eigenvalue weighted by Crippen LogP contribution is -2.03. The summed E-state index contributed by atoms with van der Waals surface area (Å²) in [5.74, 6) is 1.36. The van der Waals surface area contributed by atoms with Gasteiger partial charge >= 0.3 is 0 Å². The highest BCUT2D eigenvalue weighted by Crippen LogP contribution is 2.25. The fourth-order valence-electron chi connectivity index (χ4n) is 2.02. The summed E-state index contributed by atoms with van der Waals surface area (Å²) >= 11 is 3.36. The second-order valence-corrected chi connectivity index (χ2v) is 5.89. The summed E-state index contributed by atoms with van der Waals surface area (Å²) < 4.78 is 11.9. The Balaban J connectivity index is 1.74. The molecule has 0 radical (unpaired) electrons. The quantitative estimate of drug-likeness (QED) is 0.469. The van der Waals surface area contributed by atoms with Gasteiger partial charge in [0.15, 0.2) is 6.10 Å². The van der Waals surface area contributed by atoms with Crippen LogP contribution in [-0.4, -0.2) is 15.1 Å².